The molecular weight excluding hydrogens is 204 g/mol. The largest absolute Gasteiger partial charge is 0.539 e. The minimum Gasteiger partial charge on any atom is -0.539 e. The zero-order valence-corrected chi connectivity index (χ0v) is 9.89. The van der Waals surface area contributed by atoms with Crippen molar-refractivity contribution in [2.24, 2.45) is 0 Å². The Labute approximate surface area is 95.6 Å². The maximum atomic E-state index is 5.71. The molecule has 7 heteroatoms. The monoisotopic (exact) mass is 217 g/mol. The third-order valence-corrected chi connectivity index (χ3v) is 3.30. The van der Waals surface area contributed by atoms with Crippen LogP contribution in [0.2, 0.25) is 13.6 Å². The number of anilines is 2. The Balaban J connectivity index is 2.10. The van der Waals surface area contributed by atoms with Gasteiger partial charge in [-0.05, 0) is 27.7 Å². The topological polar surface area (TPSA) is 37.8 Å². The number of pyridine rings is 1. The molecule has 3 heterocycles. The Morgan fingerprint density at radius 1 is 1.12 bits per heavy atom. The molecule has 0 amide bonds. The number of rotatable bonds is 0. The van der Waals surface area contributed by atoms with Gasteiger partial charge in [0, 0.05) is 6.07 Å². The second-order valence-electron chi connectivity index (χ2n) is 4.29. The predicted octanol–water partition coefficient (Wildman–Crippen LogP) is 0.975. The fourth-order valence-electron chi connectivity index (χ4n) is 2.01. The molecule has 82 valence electrons. The fourth-order valence-corrected chi connectivity index (χ4v) is 2.01. The summed E-state index contributed by atoms with van der Waals surface area (Å²) in [5, 5.41) is 0. The molecule has 0 unspecified atom stereocenters. The van der Waals surface area contributed by atoms with E-state index in [4.69, 9.17) is 9.31 Å². The van der Waals surface area contributed by atoms with Crippen molar-refractivity contribution in [3.05, 3.63) is 6.07 Å². The lowest BCUT2D eigenvalue weighted by Crippen LogP contribution is -2.33. The van der Waals surface area contributed by atoms with Crippen LogP contribution in [0, 0.1) is 0 Å². The number of nitrogens with zero attached hydrogens (tertiary/aromatic N) is 3. The van der Waals surface area contributed by atoms with Crippen LogP contribution in [0.3, 0.4) is 0 Å². The van der Waals surface area contributed by atoms with Gasteiger partial charge in [0.1, 0.15) is 5.75 Å². The summed E-state index contributed by atoms with van der Waals surface area (Å²) in [5.74, 6) is 2.38. The lowest BCUT2D eigenvalue weighted by Gasteiger charge is -2.12. The minimum atomic E-state index is 0.0350. The second-order valence-corrected chi connectivity index (χ2v) is 4.29. The molecule has 0 atom stereocenters. The van der Waals surface area contributed by atoms with Crippen molar-refractivity contribution in [2.45, 2.75) is 13.6 Å². The SMILES string of the molecule is CB1Oc2nc3c(cc2N1C)OB(C)N3C. The van der Waals surface area contributed by atoms with Gasteiger partial charge in [-0.2, -0.15) is 4.98 Å². The van der Waals surface area contributed by atoms with Crippen LogP contribution in [-0.4, -0.2) is 33.2 Å². The van der Waals surface area contributed by atoms with Crippen molar-refractivity contribution >= 4 is 25.6 Å². The Hall–Kier alpha value is -1.52. The molecule has 0 aromatic carbocycles. The Morgan fingerprint density at radius 3 is 2.56 bits per heavy atom. The molecule has 16 heavy (non-hydrogen) atoms. The molecule has 0 spiro atoms. The van der Waals surface area contributed by atoms with Gasteiger partial charge in [-0.25, -0.2) is 0 Å². The number of hydrogen-bond acceptors (Lipinski definition) is 5. The first-order chi connectivity index (χ1) is 7.58. The molecule has 0 aliphatic carbocycles. The first-order valence-electron chi connectivity index (χ1n) is 5.42. The van der Waals surface area contributed by atoms with Crippen LogP contribution in [0.5, 0.6) is 11.6 Å². The smallest absolute Gasteiger partial charge is 0.480 e. The quantitative estimate of drug-likeness (QED) is 0.605. The van der Waals surface area contributed by atoms with Crippen molar-refractivity contribution in [3.8, 4) is 11.6 Å². The van der Waals surface area contributed by atoms with E-state index < -0.39 is 0 Å². The first kappa shape index (κ1) is 9.69. The standard InChI is InChI=1S/C9H13B2N3O2/c1-10-13(3)6-5-7-8(12-9(6)16-10)14(4)11(2)15-7/h5H,1-4H3. The van der Waals surface area contributed by atoms with E-state index in [2.05, 4.69) is 9.79 Å². The van der Waals surface area contributed by atoms with E-state index >= 15 is 0 Å². The summed E-state index contributed by atoms with van der Waals surface area (Å²) in [7, 11) is 4.03. The van der Waals surface area contributed by atoms with Crippen LogP contribution >= 0.6 is 0 Å². The summed E-state index contributed by atoms with van der Waals surface area (Å²) < 4.78 is 11.4. The lowest BCUT2D eigenvalue weighted by molar-refractivity contribution is 0.568. The van der Waals surface area contributed by atoms with E-state index in [0.29, 0.717) is 5.88 Å². The highest BCUT2D eigenvalue weighted by atomic mass is 16.5. The van der Waals surface area contributed by atoms with Crippen LogP contribution < -0.4 is 18.9 Å². The molecule has 5 nitrogen and oxygen atoms in total. The Bertz CT molecular complexity index is 415. The van der Waals surface area contributed by atoms with E-state index in [1.807, 2.05) is 38.6 Å². The van der Waals surface area contributed by atoms with Crippen molar-refractivity contribution in [3.63, 3.8) is 0 Å². The van der Waals surface area contributed by atoms with Crippen molar-refractivity contribution in [2.75, 3.05) is 23.7 Å². The van der Waals surface area contributed by atoms with Gasteiger partial charge in [0.05, 0.1) is 5.69 Å². The van der Waals surface area contributed by atoms with Crippen molar-refractivity contribution in [1.29, 1.82) is 0 Å². The highest BCUT2D eigenvalue weighted by molar-refractivity contribution is 6.58. The Morgan fingerprint density at radius 2 is 1.81 bits per heavy atom. The van der Waals surface area contributed by atoms with Crippen molar-refractivity contribution in [1.82, 2.24) is 4.98 Å². The second kappa shape index (κ2) is 2.99. The average molecular weight is 217 g/mol. The van der Waals surface area contributed by atoms with Gasteiger partial charge in [0.25, 0.3) is 0 Å². The van der Waals surface area contributed by atoms with E-state index in [0.717, 1.165) is 17.3 Å². The normalized spacial score (nSPS) is 17.2. The van der Waals surface area contributed by atoms with Crippen LogP contribution in [-0.2, 0) is 0 Å². The number of hydrogen-bond donors (Lipinski definition) is 0. The number of aromatic nitrogens is 1. The van der Waals surface area contributed by atoms with Crippen LogP contribution in [0.1, 0.15) is 0 Å². The molecule has 0 N–H and O–H groups in total. The van der Waals surface area contributed by atoms with Gasteiger partial charge in [-0.15, -0.1) is 0 Å². The fraction of sp³-hybridized carbons (Fsp3) is 0.444. The molecule has 0 saturated heterocycles. The molecule has 1 aromatic heterocycles. The molecular formula is C9H13B2N3O2. The molecule has 3 rings (SSSR count). The molecule has 0 radical (unpaired) electrons. The molecule has 0 bridgehead atoms. The maximum Gasteiger partial charge on any atom is 0.480 e. The van der Waals surface area contributed by atoms with Gasteiger partial charge >= 0.3 is 14.1 Å². The molecule has 0 saturated carbocycles. The third-order valence-electron chi connectivity index (χ3n) is 3.30. The van der Waals surface area contributed by atoms with Crippen LogP contribution in [0.4, 0.5) is 11.5 Å². The molecule has 1 aromatic rings. The average Bonchev–Trinajstić information content (AvgIpc) is 2.67. The van der Waals surface area contributed by atoms with E-state index in [-0.39, 0.29) is 14.1 Å². The zero-order chi connectivity index (χ0) is 11.4. The summed E-state index contributed by atoms with van der Waals surface area (Å²) in [6.07, 6.45) is 0. The predicted molar refractivity (Wildman–Crippen MR) is 65.5 cm³/mol. The third kappa shape index (κ3) is 1.11. The molecule has 2 aliphatic rings. The van der Waals surface area contributed by atoms with Gasteiger partial charge in [-0.1, -0.05) is 0 Å². The maximum absolute atomic E-state index is 5.71. The highest BCUT2D eigenvalue weighted by Gasteiger charge is 2.37. The summed E-state index contributed by atoms with van der Waals surface area (Å²) in [4.78, 5) is 8.56. The van der Waals surface area contributed by atoms with E-state index in [1.54, 1.807) is 0 Å². The van der Waals surface area contributed by atoms with E-state index in [9.17, 15) is 0 Å². The highest BCUT2D eigenvalue weighted by Crippen LogP contribution is 2.43. The summed E-state index contributed by atoms with van der Waals surface area (Å²) in [6, 6.07) is 2.00. The summed E-state index contributed by atoms with van der Waals surface area (Å²) in [6.45, 7) is 4.00. The molecule has 2 aliphatic heterocycles. The van der Waals surface area contributed by atoms with Crippen molar-refractivity contribution < 1.29 is 9.31 Å². The van der Waals surface area contributed by atoms with Gasteiger partial charge < -0.3 is 18.9 Å². The van der Waals surface area contributed by atoms with E-state index in [1.165, 1.54) is 0 Å². The molecule has 0 fully saturated rings. The van der Waals surface area contributed by atoms with Gasteiger partial charge in [0.2, 0.25) is 5.88 Å². The van der Waals surface area contributed by atoms with Crippen LogP contribution in [0.15, 0.2) is 6.07 Å². The van der Waals surface area contributed by atoms with Gasteiger partial charge in [-0.3, -0.25) is 0 Å². The zero-order valence-electron chi connectivity index (χ0n) is 9.89. The Kier molecular flexibility index (Phi) is 1.81. The first-order valence-corrected chi connectivity index (χ1v) is 5.42. The van der Waals surface area contributed by atoms with Crippen LogP contribution in [0.25, 0.3) is 0 Å². The lowest BCUT2D eigenvalue weighted by atomic mass is 9.86. The summed E-state index contributed by atoms with van der Waals surface area (Å²) in [5.41, 5.74) is 0.994. The van der Waals surface area contributed by atoms with Gasteiger partial charge in [0.15, 0.2) is 5.82 Å². The minimum absolute atomic E-state index is 0.0350. The number of fused-ring (bicyclic) bond motifs is 2. The summed E-state index contributed by atoms with van der Waals surface area (Å²) >= 11 is 0.